The van der Waals surface area contributed by atoms with Crippen molar-refractivity contribution in [3.8, 4) is 11.5 Å². The van der Waals surface area contributed by atoms with Crippen molar-refractivity contribution in [3.05, 3.63) is 59.7 Å². The summed E-state index contributed by atoms with van der Waals surface area (Å²) in [6.45, 7) is 2.55. The molecule has 21 heavy (non-hydrogen) atoms. The zero-order valence-electron chi connectivity index (χ0n) is 12.6. The lowest BCUT2D eigenvalue weighted by atomic mass is 10.0. The van der Waals surface area contributed by atoms with Gasteiger partial charge in [-0.1, -0.05) is 49.7 Å². The van der Waals surface area contributed by atoms with Crippen molar-refractivity contribution in [2.45, 2.75) is 32.5 Å². The van der Waals surface area contributed by atoms with Crippen LogP contribution >= 0.6 is 0 Å². The molecule has 0 bridgehead atoms. The summed E-state index contributed by atoms with van der Waals surface area (Å²) in [5.41, 5.74) is 1.97. The second-order valence-electron chi connectivity index (χ2n) is 4.99. The van der Waals surface area contributed by atoms with E-state index in [2.05, 4.69) is 6.92 Å². The molecule has 0 saturated carbocycles. The topological polar surface area (TPSA) is 38.7 Å². The van der Waals surface area contributed by atoms with Crippen LogP contribution in [0.25, 0.3) is 0 Å². The van der Waals surface area contributed by atoms with Crippen LogP contribution in [0.3, 0.4) is 0 Å². The van der Waals surface area contributed by atoms with E-state index in [1.807, 2.05) is 48.5 Å². The minimum Gasteiger partial charge on any atom is -0.493 e. The van der Waals surface area contributed by atoms with E-state index in [-0.39, 0.29) is 0 Å². The van der Waals surface area contributed by atoms with Crippen molar-refractivity contribution in [3.63, 3.8) is 0 Å². The molecule has 0 aromatic heterocycles. The van der Waals surface area contributed by atoms with Crippen molar-refractivity contribution < 1.29 is 14.6 Å². The van der Waals surface area contributed by atoms with Gasteiger partial charge in [-0.15, -0.1) is 0 Å². The second kappa shape index (κ2) is 7.70. The standard InChI is InChI=1S/C18H22O3/c1-3-7-16(19)15-10-11-17(18(12-15)20-2)21-13-14-8-5-4-6-9-14/h4-6,8-12,16,19H,3,7,13H2,1-2H3. The lowest BCUT2D eigenvalue weighted by Crippen LogP contribution is -2.01. The van der Waals surface area contributed by atoms with Crippen LogP contribution < -0.4 is 9.47 Å². The van der Waals surface area contributed by atoms with Gasteiger partial charge >= 0.3 is 0 Å². The largest absolute Gasteiger partial charge is 0.493 e. The number of methoxy groups -OCH3 is 1. The van der Waals surface area contributed by atoms with Crippen molar-refractivity contribution in [1.29, 1.82) is 0 Å². The molecule has 3 heteroatoms. The molecule has 0 heterocycles. The molecule has 0 aliphatic carbocycles. The van der Waals surface area contributed by atoms with Crippen LogP contribution in [-0.4, -0.2) is 12.2 Å². The summed E-state index contributed by atoms with van der Waals surface area (Å²) in [5.74, 6) is 1.34. The molecule has 0 aliphatic rings. The summed E-state index contributed by atoms with van der Waals surface area (Å²) in [6.07, 6.45) is 1.23. The third kappa shape index (κ3) is 4.23. The molecule has 2 aromatic carbocycles. The maximum Gasteiger partial charge on any atom is 0.161 e. The van der Waals surface area contributed by atoms with Crippen molar-refractivity contribution in [2.75, 3.05) is 7.11 Å². The van der Waals surface area contributed by atoms with E-state index >= 15 is 0 Å². The number of aliphatic hydroxyl groups is 1. The Hall–Kier alpha value is -2.00. The minimum atomic E-state index is -0.452. The van der Waals surface area contributed by atoms with Crippen LogP contribution in [0, 0.1) is 0 Å². The van der Waals surface area contributed by atoms with Gasteiger partial charge in [-0.2, -0.15) is 0 Å². The molecule has 0 fully saturated rings. The van der Waals surface area contributed by atoms with E-state index < -0.39 is 6.10 Å². The van der Waals surface area contributed by atoms with Gasteiger partial charge in [-0.05, 0) is 29.7 Å². The Bertz CT molecular complexity index is 552. The summed E-state index contributed by atoms with van der Waals surface area (Å²) < 4.78 is 11.2. The van der Waals surface area contributed by atoms with Gasteiger partial charge in [0.1, 0.15) is 6.61 Å². The highest BCUT2D eigenvalue weighted by Crippen LogP contribution is 2.32. The summed E-state index contributed by atoms with van der Waals surface area (Å²) in [5, 5.41) is 10.0. The van der Waals surface area contributed by atoms with Crippen LogP contribution in [0.2, 0.25) is 0 Å². The van der Waals surface area contributed by atoms with Gasteiger partial charge in [0.2, 0.25) is 0 Å². The van der Waals surface area contributed by atoms with E-state index in [4.69, 9.17) is 9.47 Å². The summed E-state index contributed by atoms with van der Waals surface area (Å²) in [7, 11) is 1.61. The first-order chi connectivity index (χ1) is 10.2. The first kappa shape index (κ1) is 15.4. The average molecular weight is 286 g/mol. The molecule has 3 nitrogen and oxygen atoms in total. The smallest absolute Gasteiger partial charge is 0.161 e. The number of benzene rings is 2. The van der Waals surface area contributed by atoms with E-state index in [0.717, 1.165) is 24.0 Å². The average Bonchev–Trinajstić information content (AvgIpc) is 2.54. The predicted octanol–water partition coefficient (Wildman–Crippen LogP) is 4.11. The molecule has 0 amide bonds. The van der Waals surface area contributed by atoms with Crippen LogP contribution in [-0.2, 0) is 6.61 Å². The lowest BCUT2D eigenvalue weighted by molar-refractivity contribution is 0.166. The Morgan fingerprint density at radius 3 is 2.48 bits per heavy atom. The van der Waals surface area contributed by atoms with Gasteiger partial charge in [0, 0.05) is 0 Å². The molecule has 1 atom stereocenters. The highest BCUT2D eigenvalue weighted by atomic mass is 16.5. The minimum absolute atomic E-state index is 0.452. The van der Waals surface area contributed by atoms with Crippen LogP contribution in [0.5, 0.6) is 11.5 Å². The highest BCUT2D eigenvalue weighted by Gasteiger charge is 2.11. The summed E-state index contributed by atoms with van der Waals surface area (Å²) in [4.78, 5) is 0. The Labute approximate surface area is 126 Å². The summed E-state index contributed by atoms with van der Waals surface area (Å²) >= 11 is 0. The number of aliphatic hydroxyl groups excluding tert-OH is 1. The normalized spacial score (nSPS) is 12.0. The molecule has 0 radical (unpaired) electrons. The molecule has 112 valence electrons. The Kier molecular flexibility index (Phi) is 5.64. The monoisotopic (exact) mass is 286 g/mol. The number of ether oxygens (including phenoxy) is 2. The third-order valence-corrected chi connectivity index (χ3v) is 3.37. The lowest BCUT2D eigenvalue weighted by Gasteiger charge is -2.15. The predicted molar refractivity (Wildman–Crippen MR) is 83.6 cm³/mol. The highest BCUT2D eigenvalue weighted by molar-refractivity contribution is 5.43. The fraction of sp³-hybridized carbons (Fsp3) is 0.333. The SMILES string of the molecule is CCCC(O)c1ccc(OCc2ccccc2)c(OC)c1. The molecule has 2 rings (SSSR count). The van der Waals surface area contributed by atoms with Gasteiger partial charge in [0.15, 0.2) is 11.5 Å². The van der Waals surface area contributed by atoms with Gasteiger partial charge in [0.25, 0.3) is 0 Å². The Balaban J connectivity index is 2.09. The quantitative estimate of drug-likeness (QED) is 0.832. The molecular weight excluding hydrogens is 264 g/mol. The van der Waals surface area contributed by atoms with E-state index in [1.54, 1.807) is 7.11 Å². The molecule has 0 aliphatic heterocycles. The van der Waals surface area contributed by atoms with Crippen molar-refractivity contribution in [2.24, 2.45) is 0 Å². The van der Waals surface area contributed by atoms with Gasteiger partial charge in [-0.25, -0.2) is 0 Å². The summed E-state index contributed by atoms with van der Waals surface area (Å²) in [6, 6.07) is 15.6. The van der Waals surface area contributed by atoms with Crippen LogP contribution in [0.15, 0.2) is 48.5 Å². The zero-order chi connectivity index (χ0) is 15.1. The molecule has 1 N–H and O–H groups in total. The number of rotatable bonds is 7. The van der Waals surface area contributed by atoms with Gasteiger partial charge < -0.3 is 14.6 Å². The van der Waals surface area contributed by atoms with Gasteiger partial charge in [-0.3, -0.25) is 0 Å². The van der Waals surface area contributed by atoms with Gasteiger partial charge in [0.05, 0.1) is 13.2 Å². The van der Waals surface area contributed by atoms with Crippen LogP contribution in [0.4, 0.5) is 0 Å². The Morgan fingerprint density at radius 1 is 1.05 bits per heavy atom. The molecule has 1 unspecified atom stereocenters. The molecule has 0 spiro atoms. The van der Waals surface area contributed by atoms with Crippen molar-refractivity contribution >= 4 is 0 Å². The second-order valence-corrected chi connectivity index (χ2v) is 4.99. The van der Waals surface area contributed by atoms with E-state index in [9.17, 15) is 5.11 Å². The first-order valence-electron chi connectivity index (χ1n) is 7.27. The van der Waals surface area contributed by atoms with E-state index in [0.29, 0.717) is 18.1 Å². The maximum absolute atomic E-state index is 10.0. The first-order valence-corrected chi connectivity index (χ1v) is 7.27. The van der Waals surface area contributed by atoms with E-state index in [1.165, 1.54) is 0 Å². The Morgan fingerprint density at radius 2 is 1.81 bits per heavy atom. The van der Waals surface area contributed by atoms with Crippen molar-refractivity contribution in [1.82, 2.24) is 0 Å². The fourth-order valence-electron chi connectivity index (χ4n) is 2.19. The number of hydrogen-bond donors (Lipinski definition) is 1. The molecular formula is C18H22O3. The third-order valence-electron chi connectivity index (χ3n) is 3.37. The van der Waals surface area contributed by atoms with Crippen LogP contribution in [0.1, 0.15) is 37.0 Å². The fourth-order valence-corrected chi connectivity index (χ4v) is 2.19. The number of hydrogen-bond acceptors (Lipinski definition) is 3. The molecule has 0 saturated heterocycles. The molecule has 2 aromatic rings. The maximum atomic E-state index is 10.0. The zero-order valence-corrected chi connectivity index (χ0v) is 12.6.